The number of rotatable bonds is 2. The quantitative estimate of drug-likeness (QED) is 0.921. The van der Waals surface area contributed by atoms with Gasteiger partial charge >= 0.3 is 0 Å². The van der Waals surface area contributed by atoms with Crippen LogP contribution in [0.25, 0.3) is 11.0 Å². The van der Waals surface area contributed by atoms with Crippen molar-refractivity contribution in [1.82, 2.24) is 14.9 Å². The van der Waals surface area contributed by atoms with Crippen molar-refractivity contribution in [2.24, 2.45) is 7.05 Å². The van der Waals surface area contributed by atoms with Gasteiger partial charge in [-0.15, -0.1) is 0 Å². The van der Waals surface area contributed by atoms with Gasteiger partial charge in [0.15, 0.2) is 9.84 Å². The fourth-order valence-corrected chi connectivity index (χ4v) is 3.79. The van der Waals surface area contributed by atoms with Crippen LogP contribution in [-0.2, 0) is 22.4 Å². The molecule has 1 atom stereocenters. The van der Waals surface area contributed by atoms with Crippen LogP contribution in [0.5, 0.6) is 0 Å². The lowest BCUT2D eigenvalue weighted by Crippen LogP contribution is -2.45. The maximum atomic E-state index is 11.7. The minimum Gasteiger partial charge on any atom is -0.330 e. The van der Waals surface area contributed by atoms with Crippen molar-refractivity contribution in [2.45, 2.75) is 36.6 Å². The van der Waals surface area contributed by atoms with Crippen molar-refractivity contribution in [3.8, 4) is 0 Å². The molecule has 1 aliphatic heterocycles. The fraction of sp³-hybridized carbons (Fsp3) is 0.533. The van der Waals surface area contributed by atoms with Crippen molar-refractivity contribution >= 4 is 20.9 Å². The average Bonchev–Trinajstić information content (AvgIpc) is 2.76. The predicted octanol–water partition coefficient (Wildman–Crippen LogP) is 1.97. The van der Waals surface area contributed by atoms with E-state index in [9.17, 15) is 8.42 Å². The number of sulfone groups is 1. The molecule has 21 heavy (non-hydrogen) atoms. The molecule has 0 saturated carbocycles. The fourth-order valence-electron chi connectivity index (χ4n) is 3.15. The highest BCUT2D eigenvalue weighted by atomic mass is 32.2. The first-order chi connectivity index (χ1) is 9.81. The van der Waals surface area contributed by atoms with Crippen LogP contribution in [0.3, 0.4) is 0 Å². The largest absolute Gasteiger partial charge is 0.330 e. The number of nitrogens with one attached hydrogen (secondary N) is 1. The van der Waals surface area contributed by atoms with E-state index in [2.05, 4.69) is 16.8 Å². The highest BCUT2D eigenvalue weighted by Crippen LogP contribution is 2.31. The van der Waals surface area contributed by atoms with E-state index in [-0.39, 0.29) is 5.54 Å². The molecule has 3 rings (SSSR count). The summed E-state index contributed by atoms with van der Waals surface area (Å²) in [6.45, 7) is 3.17. The molecule has 1 aromatic carbocycles. The molecule has 0 bridgehead atoms. The Kier molecular flexibility index (Phi) is 3.33. The Bertz CT molecular complexity index is 787. The van der Waals surface area contributed by atoms with Crippen LogP contribution in [0.2, 0.25) is 0 Å². The Hall–Kier alpha value is -1.40. The van der Waals surface area contributed by atoms with E-state index in [1.54, 1.807) is 12.1 Å². The molecule has 1 aliphatic rings. The molecule has 114 valence electrons. The number of aromatic nitrogens is 2. The van der Waals surface area contributed by atoms with Gasteiger partial charge in [0.05, 0.1) is 21.5 Å². The van der Waals surface area contributed by atoms with Gasteiger partial charge in [0.1, 0.15) is 5.82 Å². The lowest BCUT2D eigenvalue weighted by atomic mass is 9.90. The van der Waals surface area contributed by atoms with Crippen LogP contribution >= 0.6 is 0 Å². The second kappa shape index (κ2) is 4.81. The summed E-state index contributed by atoms with van der Waals surface area (Å²) < 4.78 is 25.4. The molecule has 5 nitrogen and oxygen atoms in total. The number of hydrogen-bond donors (Lipinski definition) is 1. The predicted molar refractivity (Wildman–Crippen MR) is 83.0 cm³/mol. The van der Waals surface area contributed by atoms with Crippen molar-refractivity contribution in [1.29, 1.82) is 0 Å². The Morgan fingerprint density at radius 3 is 2.71 bits per heavy atom. The summed E-state index contributed by atoms with van der Waals surface area (Å²) in [5, 5.41) is 3.56. The molecule has 1 unspecified atom stereocenters. The third-order valence-corrected chi connectivity index (χ3v) is 5.50. The number of aryl methyl sites for hydroxylation is 1. The monoisotopic (exact) mass is 307 g/mol. The molecule has 1 N–H and O–H groups in total. The molecule has 0 aliphatic carbocycles. The topological polar surface area (TPSA) is 64.0 Å². The van der Waals surface area contributed by atoms with Crippen LogP contribution in [0.1, 0.15) is 32.0 Å². The molecule has 0 amide bonds. The lowest BCUT2D eigenvalue weighted by molar-refractivity contribution is 0.264. The average molecular weight is 307 g/mol. The Labute approximate surface area is 125 Å². The molecule has 1 fully saturated rings. The second-order valence-electron chi connectivity index (χ2n) is 6.13. The van der Waals surface area contributed by atoms with Gasteiger partial charge in [-0.25, -0.2) is 13.4 Å². The number of imidazole rings is 1. The van der Waals surface area contributed by atoms with Crippen molar-refractivity contribution in [3.63, 3.8) is 0 Å². The lowest BCUT2D eigenvalue weighted by Gasteiger charge is -2.34. The maximum Gasteiger partial charge on any atom is 0.175 e. The highest BCUT2D eigenvalue weighted by Gasteiger charge is 2.33. The molecule has 0 spiro atoms. The number of hydrogen-bond acceptors (Lipinski definition) is 4. The van der Waals surface area contributed by atoms with E-state index in [0.717, 1.165) is 29.8 Å². The summed E-state index contributed by atoms with van der Waals surface area (Å²) >= 11 is 0. The summed E-state index contributed by atoms with van der Waals surface area (Å²) in [6, 6.07) is 5.16. The summed E-state index contributed by atoms with van der Waals surface area (Å²) in [6.07, 6.45) is 4.64. The highest BCUT2D eigenvalue weighted by molar-refractivity contribution is 7.90. The maximum absolute atomic E-state index is 11.7. The minimum atomic E-state index is -3.20. The number of fused-ring (bicyclic) bond motifs is 1. The Morgan fingerprint density at radius 2 is 2.10 bits per heavy atom. The first kappa shape index (κ1) is 14.5. The second-order valence-corrected chi connectivity index (χ2v) is 8.15. The summed E-state index contributed by atoms with van der Waals surface area (Å²) in [5.74, 6) is 0.975. The van der Waals surface area contributed by atoms with Gasteiger partial charge < -0.3 is 9.88 Å². The van der Waals surface area contributed by atoms with Crippen LogP contribution < -0.4 is 5.32 Å². The van der Waals surface area contributed by atoms with Crippen LogP contribution in [0.15, 0.2) is 23.1 Å². The van der Waals surface area contributed by atoms with Crippen LogP contribution in [0, 0.1) is 0 Å². The van der Waals surface area contributed by atoms with Gasteiger partial charge in [0.25, 0.3) is 0 Å². The minimum absolute atomic E-state index is 0.142. The Balaban J connectivity index is 2.15. The molecule has 1 aromatic heterocycles. The molecule has 1 saturated heterocycles. The van der Waals surface area contributed by atoms with Gasteiger partial charge in [0.2, 0.25) is 0 Å². The Morgan fingerprint density at radius 1 is 1.33 bits per heavy atom. The number of nitrogens with zero attached hydrogens (tertiary/aromatic N) is 2. The van der Waals surface area contributed by atoms with E-state index < -0.39 is 9.84 Å². The van der Waals surface area contributed by atoms with Crippen molar-refractivity contribution in [2.75, 3.05) is 12.8 Å². The van der Waals surface area contributed by atoms with Gasteiger partial charge in [-0.05, 0) is 50.9 Å². The van der Waals surface area contributed by atoms with Crippen LogP contribution in [0.4, 0.5) is 0 Å². The van der Waals surface area contributed by atoms with E-state index in [1.165, 1.54) is 19.1 Å². The van der Waals surface area contributed by atoms with Gasteiger partial charge in [0, 0.05) is 13.3 Å². The van der Waals surface area contributed by atoms with E-state index >= 15 is 0 Å². The molecule has 2 heterocycles. The van der Waals surface area contributed by atoms with Gasteiger partial charge in [-0.1, -0.05) is 0 Å². The molecule has 0 radical (unpaired) electrons. The zero-order valence-electron chi connectivity index (χ0n) is 12.7. The molecular weight excluding hydrogens is 286 g/mol. The van der Waals surface area contributed by atoms with Gasteiger partial charge in [-0.2, -0.15) is 0 Å². The summed E-state index contributed by atoms with van der Waals surface area (Å²) in [7, 11) is -1.21. The molecule has 2 aromatic rings. The summed E-state index contributed by atoms with van der Waals surface area (Å²) in [4.78, 5) is 5.04. The molecular formula is C15H21N3O2S. The summed E-state index contributed by atoms with van der Waals surface area (Å²) in [5.41, 5.74) is 1.56. The normalized spacial score (nSPS) is 23.6. The van der Waals surface area contributed by atoms with Crippen molar-refractivity contribution < 1.29 is 8.42 Å². The standard InChI is InChI=1S/C15H21N3O2S/c1-15(8-4-5-9-16-15)14-17-12-10-11(21(3,19)20)6-7-13(12)18(14)2/h6-7,10,16H,4-5,8-9H2,1-3H3. The smallest absolute Gasteiger partial charge is 0.175 e. The zero-order valence-corrected chi connectivity index (χ0v) is 13.5. The van der Waals surface area contributed by atoms with Crippen LogP contribution in [-0.4, -0.2) is 30.8 Å². The first-order valence-corrected chi connectivity index (χ1v) is 9.12. The first-order valence-electron chi connectivity index (χ1n) is 7.23. The van der Waals surface area contributed by atoms with E-state index in [4.69, 9.17) is 4.98 Å². The molecule has 6 heteroatoms. The zero-order chi connectivity index (χ0) is 15.3. The van der Waals surface area contributed by atoms with Gasteiger partial charge in [-0.3, -0.25) is 0 Å². The number of piperidine rings is 1. The van der Waals surface area contributed by atoms with Crippen molar-refractivity contribution in [3.05, 3.63) is 24.0 Å². The third kappa shape index (κ3) is 2.46. The van der Waals surface area contributed by atoms with E-state index in [0.29, 0.717) is 4.90 Å². The number of benzene rings is 1. The SMILES string of the molecule is Cn1c(C2(C)CCCCN2)nc2cc(S(C)(=O)=O)ccc21. The third-order valence-electron chi connectivity index (χ3n) is 4.39. The van der Waals surface area contributed by atoms with E-state index in [1.807, 2.05) is 13.1 Å².